The first-order valence-electron chi connectivity index (χ1n) is 10.1. The molecule has 1 aliphatic carbocycles. The first-order chi connectivity index (χ1) is 12.7. The summed E-state index contributed by atoms with van der Waals surface area (Å²) in [5.74, 6) is 1.90. The van der Waals surface area contributed by atoms with Gasteiger partial charge in [0.15, 0.2) is 11.6 Å². The summed E-state index contributed by atoms with van der Waals surface area (Å²) in [4.78, 5) is 6.94. The lowest BCUT2D eigenvalue weighted by Crippen LogP contribution is -2.52. The van der Waals surface area contributed by atoms with Gasteiger partial charge in [0, 0.05) is 45.8 Å². The molecule has 0 bridgehead atoms. The molecule has 0 aromatic carbocycles. The molecule has 3 fully saturated rings. The minimum Gasteiger partial charge on any atom is -0.389 e. The summed E-state index contributed by atoms with van der Waals surface area (Å²) >= 11 is 0. The lowest BCUT2D eigenvalue weighted by molar-refractivity contribution is -0.0271. The maximum atomic E-state index is 10.8. The van der Waals surface area contributed by atoms with Gasteiger partial charge >= 0.3 is 0 Å². The summed E-state index contributed by atoms with van der Waals surface area (Å²) in [5.41, 5.74) is -0.458. The number of β-amino-alcohol motifs (C(OH)–C–C–N with tert-alkyl or cyclic N) is 1. The van der Waals surface area contributed by atoms with Crippen LogP contribution in [0.5, 0.6) is 0 Å². The molecule has 1 aromatic rings. The zero-order chi connectivity index (χ0) is 17.8. The number of piperazine rings is 1. The van der Waals surface area contributed by atoms with Crippen molar-refractivity contribution in [1.29, 1.82) is 0 Å². The Balaban J connectivity index is 1.29. The summed E-state index contributed by atoms with van der Waals surface area (Å²) in [5, 5.41) is 19.7. The number of anilines is 2. The Kier molecular flexibility index (Phi) is 5.57. The Morgan fingerprint density at radius 1 is 0.846 bits per heavy atom. The van der Waals surface area contributed by atoms with Crippen LogP contribution < -0.4 is 9.80 Å². The molecule has 7 nitrogen and oxygen atoms in total. The van der Waals surface area contributed by atoms with Crippen LogP contribution in [-0.2, 0) is 4.74 Å². The Morgan fingerprint density at radius 3 is 2.00 bits per heavy atom. The van der Waals surface area contributed by atoms with E-state index >= 15 is 0 Å². The van der Waals surface area contributed by atoms with Gasteiger partial charge in [0.2, 0.25) is 0 Å². The highest BCUT2D eigenvalue weighted by Gasteiger charge is 2.32. The van der Waals surface area contributed by atoms with Gasteiger partial charge in [-0.15, -0.1) is 10.2 Å². The third-order valence-corrected chi connectivity index (χ3v) is 5.97. The van der Waals surface area contributed by atoms with Crippen LogP contribution in [0.15, 0.2) is 12.1 Å². The maximum absolute atomic E-state index is 10.8. The minimum atomic E-state index is -0.458. The van der Waals surface area contributed by atoms with E-state index in [1.54, 1.807) is 0 Å². The molecule has 7 heteroatoms. The molecule has 26 heavy (non-hydrogen) atoms. The monoisotopic (exact) mass is 361 g/mol. The summed E-state index contributed by atoms with van der Waals surface area (Å²) in [6.45, 7) is 7.97. The molecule has 0 amide bonds. The number of hydrogen-bond donors (Lipinski definition) is 1. The molecule has 0 radical (unpaired) electrons. The van der Waals surface area contributed by atoms with Gasteiger partial charge in [-0.05, 0) is 25.0 Å². The normalized spacial score (nSPS) is 24.7. The van der Waals surface area contributed by atoms with Crippen LogP contribution in [0.4, 0.5) is 11.6 Å². The van der Waals surface area contributed by atoms with Crippen molar-refractivity contribution >= 4 is 11.6 Å². The van der Waals surface area contributed by atoms with E-state index in [1.165, 1.54) is 19.3 Å². The van der Waals surface area contributed by atoms with Crippen LogP contribution in [0, 0.1) is 0 Å². The highest BCUT2D eigenvalue weighted by Crippen LogP contribution is 2.29. The third-order valence-electron chi connectivity index (χ3n) is 5.97. The van der Waals surface area contributed by atoms with Crippen LogP contribution in [-0.4, -0.2) is 84.8 Å². The Bertz CT molecular complexity index is 562. The minimum absolute atomic E-state index is 0.458. The number of ether oxygens (including phenoxy) is 1. The van der Waals surface area contributed by atoms with Crippen molar-refractivity contribution < 1.29 is 9.84 Å². The van der Waals surface area contributed by atoms with Crippen molar-refractivity contribution in [3.63, 3.8) is 0 Å². The van der Waals surface area contributed by atoms with E-state index in [1.807, 2.05) is 0 Å². The van der Waals surface area contributed by atoms with Gasteiger partial charge in [-0.2, -0.15) is 0 Å². The fourth-order valence-electron chi connectivity index (χ4n) is 4.37. The van der Waals surface area contributed by atoms with E-state index in [4.69, 9.17) is 4.74 Å². The molecule has 2 aliphatic heterocycles. The SMILES string of the molecule is OC1(CN2CCN(c3ccc(N4CCOCC4)nn3)CC2)CCCCC1. The fourth-order valence-corrected chi connectivity index (χ4v) is 4.37. The van der Waals surface area contributed by atoms with Crippen molar-refractivity contribution in [2.45, 2.75) is 37.7 Å². The number of hydrogen-bond acceptors (Lipinski definition) is 7. The predicted molar refractivity (Wildman–Crippen MR) is 102 cm³/mol. The molecule has 144 valence electrons. The van der Waals surface area contributed by atoms with Crippen LogP contribution in [0.1, 0.15) is 32.1 Å². The lowest BCUT2D eigenvalue weighted by atomic mass is 9.84. The summed E-state index contributed by atoms with van der Waals surface area (Å²) in [6.07, 6.45) is 5.53. The van der Waals surface area contributed by atoms with Gasteiger partial charge in [0.05, 0.1) is 18.8 Å². The van der Waals surface area contributed by atoms with Gasteiger partial charge in [-0.1, -0.05) is 19.3 Å². The van der Waals surface area contributed by atoms with Crippen LogP contribution >= 0.6 is 0 Å². The smallest absolute Gasteiger partial charge is 0.151 e. The van der Waals surface area contributed by atoms with E-state index < -0.39 is 5.60 Å². The predicted octanol–water partition coefficient (Wildman–Crippen LogP) is 1.13. The second-order valence-electron chi connectivity index (χ2n) is 7.90. The van der Waals surface area contributed by atoms with Crippen molar-refractivity contribution in [1.82, 2.24) is 15.1 Å². The molecule has 3 aliphatic rings. The van der Waals surface area contributed by atoms with E-state index in [0.29, 0.717) is 0 Å². The average Bonchev–Trinajstić information content (AvgIpc) is 2.70. The van der Waals surface area contributed by atoms with Crippen molar-refractivity contribution in [3.8, 4) is 0 Å². The zero-order valence-corrected chi connectivity index (χ0v) is 15.6. The van der Waals surface area contributed by atoms with Crippen molar-refractivity contribution in [3.05, 3.63) is 12.1 Å². The Morgan fingerprint density at radius 2 is 1.42 bits per heavy atom. The van der Waals surface area contributed by atoms with Crippen molar-refractivity contribution in [2.24, 2.45) is 0 Å². The molecular weight excluding hydrogens is 330 g/mol. The highest BCUT2D eigenvalue weighted by molar-refractivity contribution is 5.45. The van der Waals surface area contributed by atoms with E-state index in [9.17, 15) is 5.11 Å². The zero-order valence-electron chi connectivity index (χ0n) is 15.6. The third kappa shape index (κ3) is 4.27. The lowest BCUT2D eigenvalue weighted by Gasteiger charge is -2.41. The topological polar surface area (TPSA) is 65.0 Å². The fraction of sp³-hybridized carbons (Fsp3) is 0.789. The molecule has 1 aromatic heterocycles. The average molecular weight is 361 g/mol. The molecule has 2 saturated heterocycles. The molecular formula is C19H31N5O2. The largest absolute Gasteiger partial charge is 0.389 e. The van der Waals surface area contributed by atoms with E-state index in [-0.39, 0.29) is 0 Å². The number of aromatic nitrogens is 2. The summed E-state index contributed by atoms with van der Waals surface area (Å²) < 4.78 is 5.39. The molecule has 0 spiro atoms. The summed E-state index contributed by atoms with van der Waals surface area (Å²) in [6, 6.07) is 4.16. The summed E-state index contributed by atoms with van der Waals surface area (Å²) in [7, 11) is 0. The molecule has 1 saturated carbocycles. The number of aliphatic hydroxyl groups is 1. The number of morpholine rings is 1. The van der Waals surface area contributed by atoms with E-state index in [0.717, 1.165) is 83.5 Å². The van der Waals surface area contributed by atoms with Gasteiger partial charge in [0.1, 0.15) is 0 Å². The second-order valence-corrected chi connectivity index (χ2v) is 7.90. The second kappa shape index (κ2) is 8.06. The standard InChI is InChI=1S/C19H31N5O2/c25-19(6-2-1-3-7-19)16-22-8-10-23(11-9-22)17-4-5-18(21-20-17)24-12-14-26-15-13-24/h4-5,25H,1-3,6-16H2. The van der Waals surface area contributed by atoms with Crippen LogP contribution in [0.3, 0.4) is 0 Å². The quantitative estimate of drug-likeness (QED) is 0.862. The maximum Gasteiger partial charge on any atom is 0.151 e. The van der Waals surface area contributed by atoms with Gasteiger partial charge in [-0.3, -0.25) is 4.90 Å². The van der Waals surface area contributed by atoms with Gasteiger partial charge < -0.3 is 19.6 Å². The number of rotatable bonds is 4. The highest BCUT2D eigenvalue weighted by atomic mass is 16.5. The van der Waals surface area contributed by atoms with Gasteiger partial charge in [-0.25, -0.2) is 0 Å². The number of nitrogens with zero attached hydrogens (tertiary/aromatic N) is 5. The first kappa shape index (κ1) is 17.9. The van der Waals surface area contributed by atoms with Crippen LogP contribution in [0.2, 0.25) is 0 Å². The molecule has 0 atom stereocenters. The first-order valence-corrected chi connectivity index (χ1v) is 10.1. The van der Waals surface area contributed by atoms with Crippen molar-refractivity contribution in [2.75, 3.05) is 68.8 Å². The van der Waals surface area contributed by atoms with Gasteiger partial charge in [0.25, 0.3) is 0 Å². The molecule has 3 heterocycles. The van der Waals surface area contributed by atoms with Crippen LogP contribution in [0.25, 0.3) is 0 Å². The molecule has 0 unspecified atom stereocenters. The Hall–Kier alpha value is -1.44. The molecule has 4 rings (SSSR count). The van der Waals surface area contributed by atoms with E-state index in [2.05, 4.69) is 37.0 Å². The Labute approximate surface area is 155 Å². The molecule has 1 N–H and O–H groups in total.